The summed E-state index contributed by atoms with van der Waals surface area (Å²) in [5.41, 5.74) is 6.93. The van der Waals surface area contributed by atoms with Crippen LogP contribution in [-0.2, 0) is 31.3 Å². The number of aliphatic hydroxyl groups excluding tert-OH is 1. The van der Waals surface area contributed by atoms with E-state index in [1.165, 1.54) is 60.5 Å². The maximum Gasteiger partial charge on any atom is 0.164 e. The molecule has 0 aliphatic carbocycles. The fourth-order valence-electron chi connectivity index (χ4n) is 7.50. The van der Waals surface area contributed by atoms with Gasteiger partial charge in [-0.15, -0.1) is 17.7 Å². The Morgan fingerprint density at radius 2 is 1.47 bits per heavy atom. The summed E-state index contributed by atoms with van der Waals surface area (Å²) in [4.78, 5) is 17.1. The SMILES string of the molecule is CCC(C)(CC)C(=O)/C=C(\O)C(C)(CC)CC.Cc1[c-]c2c3nccc4c5ccc(CC(C)(C)C)cc5cc(c43)n3c4ccccc4c(c1)c23.[Ir]. The number of hydrogen-bond donors (Lipinski definition) is 1. The summed E-state index contributed by atoms with van der Waals surface area (Å²) in [6, 6.07) is 26.2. The molecule has 0 fully saturated rings. The Hall–Kier alpha value is -3.79. The molecule has 0 amide bonds. The Morgan fingerprint density at radius 3 is 2.12 bits per heavy atom. The number of benzene rings is 4. The monoisotopic (exact) mass is 858 g/mol. The third-order valence-corrected chi connectivity index (χ3v) is 11.6. The number of aromatic nitrogens is 2. The Balaban J connectivity index is 0.000000242. The largest absolute Gasteiger partial charge is 0.512 e. The van der Waals surface area contributed by atoms with E-state index in [0.717, 1.165) is 48.6 Å². The number of hydrogen-bond acceptors (Lipinski definition) is 3. The minimum Gasteiger partial charge on any atom is -0.512 e. The molecular weight excluding hydrogens is 805 g/mol. The number of carbonyl (C=O) groups excluding carboxylic acids is 1. The number of allylic oxidation sites excluding steroid dienone is 2. The molecule has 0 bridgehead atoms. The Kier molecular flexibility index (Phi) is 10.8. The van der Waals surface area contributed by atoms with Gasteiger partial charge >= 0.3 is 0 Å². The maximum atomic E-state index is 12.2. The molecule has 0 spiro atoms. The van der Waals surface area contributed by atoms with Crippen LogP contribution in [0.4, 0.5) is 0 Å². The van der Waals surface area contributed by atoms with E-state index in [2.05, 4.69) is 98.8 Å². The number of pyridine rings is 2. The molecule has 7 rings (SSSR count). The van der Waals surface area contributed by atoms with Gasteiger partial charge in [0.1, 0.15) is 5.76 Å². The van der Waals surface area contributed by atoms with Crippen molar-refractivity contribution in [2.45, 2.75) is 101 Å². The van der Waals surface area contributed by atoms with Crippen LogP contribution < -0.4 is 0 Å². The molecular formula is C46H53IrN2O2-. The molecule has 7 aromatic rings. The minimum atomic E-state index is -0.337. The van der Waals surface area contributed by atoms with Gasteiger partial charge in [0.25, 0.3) is 0 Å². The molecule has 1 N–H and O–H groups in total. The van der Waals surface area contributed by atoms with Crippen molar-refractivity contribution >= 4 is 65.6 Å². The molecule has 4 nitrogen and oxygen atoms in total. The van der Waals surface area contributed by atoms with Gasteiger partial charge in [0, 0.05) is 54.2 Å². The van der Waals surface area contributed by atoms with E-state index in [4.69, 9.17) is 4.98 Å². The quantitative estimate of drug-likeness (QED) is 0.0545. The van der Waals surface area contributed by atoms with Crippen molar-refractivity contribution in [2.75, 3.05) is 0 Å². The van der Waals surface area contributed by atoms with Crippen LogP contribution in [0.15, 0.2) is 78.7 Å². The first kappa shape index (κ1) is 38.4. The minimum absolute atomic E-state index is 0. The van der Waals surface area contributed by atoms with Crippen molar-refractivity contribution in [2.24, 2.45) is 16.2 Å². The van der Waals surface area contributed by atoms with Gasteiger partial charge in [-0.1, -0.05) is 116 Å². The second kappa shape index (κ2) is 14.3. The smallest absolute Gasteiger partial charge is 0.164 e. The normalized spacial score (nSPS) is 13.0. The molecule has 3 heterocycles. The summed E-state index contributed by atoms with van der Waals surface area (Å²) in [7, 11) is 0. The topological polar surface area (TPSA) is 54.6 Å². The molecule has 5 heteroatoms. The van der Waals surface area contributed by atoms with Crippen molar-refractivity contribution in [1.29, 1.82) is 0 Å². The number of para-hydroxylation sites is 1. The first-order valence-electron chi connectivity index (χ1n) is 18.4. The molecule has 1 radical (unpaired) electrons. The van der Waals surface area contributed by atoms with Crippen molar-refractivity contribution in [3.05, 3.63) is 95.9 Å². The van der Waals surface area contributed by atoms with Crippen LogP contribution in [0.25, 0.3) is 59.8 Å². The van der Waals surface area contributed by atoms with Crippen LogP contribution in [0.2, 0.25) is 0 Å². The summed E-state index contributed by atoms with van der Waals surface area (Å²) in [6.45, 7) is 21.1. The van der Waals surface area contributed by atoms with Crippen molar-refractivity contribution in [3.8, 4) is 0 Å². The van der Waals surface area contributed by atoms with E-state index < -0.39 is 0 Å². The van der Waals surface area contributed by atoms with Crippen molar-refractivity contribution in [1.82, 2.24) is 9.38 Å². The number of fused-ring (bicyclic) bond motifs is 7. The second-order valence-corrected chi connectivity index (χ2v) is 16.1. The molecule has 51 heavy (non-hydrogen) atoms. The van der Waals surface area contributed by atoms with Crippen LogP contribution in [0, 0.1) is 29.2 Å². The maximum absolute atomic E-state index is 12.2. The Morgan fingerprint density at radius 1 is 0.804 bits per heavy atom. The molecule has 4 aromatic carbocycles. The van der Waals surface area contributed by atoms with Gasteiger partial charge in [-0.05, 0) is 99.2 Å². The van der Waals surface area contributed by atoms with Gasteiger partial charge in [0.2, 0.25) is 0 Å². The average molecular weight is 858 g/mol. The van der Waals surface area contributed by atoms with Crippen molar-refractivity contribution < 1.29 is 30.0 Å². The summed E-state index contributed by atoms with van der Waals surface area (Å²) in [6.07, 6.45) is 7.78. The fourth-order valence-corrected chi connectivity index (χ4v) is 7.50. The van der Waals surface area contributed by atoms with E-state index in [1.807, 2.05) is 47.7 Å². The zero-order valence-corrected chi connectivity index (χ0v) is 34.4. The van der Waals surface area contributed by atoms with Gasteiger partial charge in [0.15, 0.2) is 5.78 Å². The van der Waals surface area contributed by atoms with Crippen LogP contribution >= 0.6 is 0 Å². The van der Waals surface area contributed by atoms with Crippen LogP contribution in [-0.4, -0.2) is 20.3 Å². The molecule has 0 aliphatic rings. The molecule has 0 atom stereocenters. The summed E-state index contributed by atoms with van der Waals surface area (Å²) in [5, 5.41) is 18.9. The summed E-state index contributed by atoms with van der Waals surface area (Å²) >= 11 is 0. The fraction of sp³-hybridized carbons (Fsp3) is 0.391. The van der Waals surface area contributed by atoms with Crippen LogP contribution in [0.5, 0.6) is 0 Å². The zero-order valence-electron chi connectivity index (χ0n) is 32.0. The predicted molar refractivity (Wildman–Crippen MR) is 214 cm³/mol. The summed E-state index contributed by atoms with van der Waals surface area (Å²) in [5.74, 6) is 0.286. The van der Waals surface area contributed by atoms with E-state index in [-0.39, 0.29) is 47.9 Å². The van der Waals surface area contributed by atoms with Gasteiger partial charge < -0.3 is 14.5 Å². The number of ketones is 1. The first-order chi connectivity index (χ1) is 23.7. The number of aryl methyl sites for hydroxylation is 1. The Labute approximate surface area is 317 Å². The van der Waals surface area contributed by atoms with E-state index in [1.54, 1.807) is 0 Å². The first-order valence-corrected chi connectivity index (χ1v) is 18.4. The molecule has 0 saturated heterocycles. The van der Waals surface area contributed by atoms with Gasteiger partial charge in [0.05, 0.1) is 0 Å². The zero-order chi connectivity index (χ0) is 36.2. The number of nitrogens with zero attached hydrogens (tertiary/aromatic N) is 2. The summed E-state index contributed by atoms with van der Waals surface area (Å²) < 4.78 is 2.45. The molecule has 0 unspecified atom stereocenters. The van der Waals surface area contributed by atoms with Crippen molar-refractivity contribution in [3.63, 3.8) is 0 Å². The molecule has 0 saturated carbocycles. The van der Waals surface area contributed by atoms with Crippen LogP contribution in [0.1, 0.15) is 99.1 Å². The standard InChI is InChI=1S/C31H25N2.C15H28O2.Ir/c1-18-13-24-22-7-5-6-8-26(22)33-27-16-20-15-19(17-31(2,3)4)9-10-21(20)23-11-12-32-29(28(23)27)25(14-18)30(24)33;1-7-14(5,8-2)12(16)11-13(17)15(6,9-3)10-4;/h5-13,15-16H,17H2,1-4H3;11,16H,7-10H2,1-6H3;/q-1;;/b;12-11-;. The predicted octanol–water partition coefficient (Wildman–Crippen LogP) is 12.9. The van der Waals surface area contributed by atoms with Gasteiger partial charge in [-0.25, -0.2) is 0 Å². The van der Waals surface area contributed by atoms with E-state index in [0.29, 0.717) is 0 Å². The third kappa shape index (κ3) is 6.80. The number of aliphatic hydroxyl groups is 1. The number of carbonyl (C=O) groups is 1. The third-order valence-electron chi connectivity index (χ3n) is 11.6. The van der Waals surface area contributed by atoms with E-state index in [9.17, 15) is 9.90 Å². The van der Waals surface area contributed by atoms with Gasteiger partial charge in [-0.2, -0.15) is 0 Å². The van der Waals surface area contributed by atoms with E-state index >= 15 is 0 Å². The molecule has 0 aliphatic heterocycles. The molecule has 269 valence electrons. The Bertz CT molecular complexity index is 2400. The van der Waals surface area contributed by atoms with Crippen LogP contribution in [0.3, 0.4) is 0 Å². The average Bonchev–Trinajstić information content (AvgIpc) is 3.43. The second-order valence-electron chi connectivity index (χ2n) is 16.1. The molecule has 3 aromatic heterocycles. The number of rotatable bonds is 8. The van der Waals surface area contributed by atoms with Gasteiger partial charge in [-0.3, -0.25) is 4.79 Å².